The van der Waals surface area contributed by atoms with E-state index in [1.54, 1.807) is 32.4 Å². The van der Waals surface area contributed by atoms with E-state index in [1.165, 1.54) is 0 Å². The van der Waals surface area contributed by atoms with Crippen LogP contribution in [0, 0.1) is 0 Å². The minimum absolute atomic E-state index is 0.0253. The van der Waals surface area contributed by atoms with Crippen LogP contribution in [-0.4, -0.2) is 26.7 Å². The zero-order chi connectivity index (χ0) is 15.8. The molecule has 2 rings (SSSR count). The van der Waals surface area contributed by atoms with Gasteiger partial charge < -0.3 is 19.5 Å². The van der Waals surface area contributed by atoms with Crippen LogP contribution in [0.25, 0.3) is 0 Å². The van der Waals surface area contributed by atoms with Crippen molar-refractivity contribution in [2.75, 3.05) is 20.8 Å². The molecule has 0 bridgehead atoms. The van der Waals surface area contributed by atoms with Gasteiger partial charge in [-0.15, -0.1) is 0 Å². The van der Waals surface area contributed by atoms with Crippen LogP contribution >= 0.6 is 0 Å². The molecule has 0 spiro atoms. The Balaban J connectivity index is 1.86. The number of rotatable bonds is 7. The molecule has 0 aliphatic heterocycles. The minimum Gasteiger partial charge on any atom is -0.497 e. The van der Waals surface area contributed by atoms with E-state index in [-0.39, 0.29) is 12.5 Å². The number of para-hydroxylation sites is 1. The third-order valence-corrected chi connectivity index (χ3v) is 3.08. The fourth-order valence-electron chi connectivity index (χ4n) is 1.91. The molecule has 1 amide bonds. The average Bonchev–Trinajstić information content (AvgIpc) is 2.58. The Labute approximate surface area is 129 Å². The number of ether oxygens (including phenoxy) is 3. The maximum atomic E-state index is 11.8. The monoisotopic (exact) mass is 301 g/mol. The molecule has 2 aromatic carbocycles. The normalized spacial score (nSPS) is 9.91. The van der Waals surface area contributed by atoms with E-state index in [4.69, 9.17) is 14.2 Å². The zero-order valence-electron chi connectivity index (χ0n) is 12.7. The lowest BCUT2D eigenvalue weighted by Gasteiger charge is -2.11. The van der Waals surface area contributed by atoms with Crippen LogP contribution < -0.4 is 19.5 Å². The van der Waals surface area contributed by atoms with Crippen molar-refractivity contribution in [1.29, 1.82) is 0 Å². The maximum absolute atomic E-state index is 11.8. The number of carbonyl (C=O) groups is 1. The third-order valence-electron chi connectivity index (χ3n) is 3.08. The summed E-state index contributed by atoms with van der Waals surface area (Å²) >= 11 is 0. The van der Waals surface area contributed by atoms with E-state index in [1.807, 2.05) is 30.3 Å². The molecule has 22 heavy (non-hydrogen) atoms. The molecular formula is C17H19NO4. The lowest BCUT2D eigenvalue weighted by atomic mass is 10.2. The number of nitrogens with one attached hydrogen (secondary N) is 1. The third kappa shape index (κ3) is 4.41. The highest BCUT2D eigenvalue weighted by molar-refractivity contribution is 5.77. The molecule has 0 radical (unpaired) electrons. The molecule has 0 aromatic heterocycles. The van der Waals surface area contributed by atoms with Gasteiger partial charge in [0.05, 0.1) is 14.2 Å². The van der Waals surface area contributed by atoms with Gasteiger partial charge in [-0.25, -0.2) is 0 Å². The van der Waals surface area contributed by atoms with E-state index < -0.39 is 0 Å². The van der Waals surface area contributed by atoms with Gasteiger partial charge in [-0.1, -0.05) is 18.2 Å². The van der Waals surface area contributed by atoms with Crippen LogP contribution in [-0.2, 0) is 11.3 Å². The predicted octanol–water partition coefficient (Wildman–Crippen LogP) is 2.40. The van der Waals surface area contributed by atoms with E-state index >= 15 is 0 Å². The largest absolute Gasteiger partial charge is 0.497 e. The summed E-state index contributed by atoms with van der Waals surface area (Å²) in [5.41, 5.74) is 0.872. The van der Waals surface area contributed by atoms with Crippen LogP contribution in [0.1, 0.15) is 5.56 Å². The first-order chi connectivity index (χ1) is 10.7. The van der Waals surface area contributed by atoms with E-state index in [0.717, 1.165) is 5.56 Å². The molecule has 0 saturated heterocycles. The van der Waals surface area contributed by atoms with Gasteiger partial charge in [0, 0.05) is 18.2 Å². The number of carbonyl (C=O) groups excluding carboxylic acids is 1. The van der Waals surface area contributed by atoms with Crippen molar-refractivity contribution in [1.82, 2.24) is 5.32 Å². The van der Waals surface area contributed by atoms with Gasteiger partial charge in [0.25, 0.3) is 5.91 Å². The van der Waals surface area contributed by atoms with Gasteiger partial charge >= 0.3 is 0 Å². The Morgan fingerprint density at radius 3 is 2.45 bits per heavy atom. The molecule has 0 unspecified atom stereocenters. The van der Waals surface area contributed by atoms with Gasteiger partial charge in [-0.2, -0.15) is 0 Å². The summed E-state index contributed by atoms with van der Waals surface area (Å²) in [6.07, 6.45) is 0. The van der Waals surface area contributed by atoms with Gasteiger partial charge in [0.2, 0.25) is 0 Å². The van der Waals surface area contributed by atoms with Crippen molar-refractivity contribution in [3.63, 3.8) is 0 Å². The lowest BCUT2D eigenvalue weighted by Crippen LogP contribution is -2.28. The summed E-state index contributed by atoms with van der Waals surface area (Å²) in [7, 11) is 3.18. The van der Waals surface area contributed by atoms with E-state index in [0.29, 0.717) is 23.8 Å². The Morgan fingerprint density at radius 2 is 1.77 bits per heavy atom. The summed E-state index contributed by atoms with van der Waals surface area (Å²) in [5, 5.41) is 2.80. The molecule has 0 saturated carbocycles. The summed E-state index contributed by atoms with van der Waals surface area (Å²) in [6.45, 7) is 0.340. The first-order valence-corrected chi connectivity index (χ1v) is 6.88. The first kappa shape index (κ1) is 15.7. The minimum atomic E-state index is -0.193. The van der Waals surface area contributed by atoms with Crippen molar-refractivity contribution >= 4 is 5.91 Å². The molecule has 1 N–H and O–H groups in total. The number of benzene rings is 2. The average molecular weight is 301 g/mol. The Hall–Kier alpha value is -2.69. The molecule has 5 heteroatoms. The first-order valence-electron chi connectivity index (χ1n) is 6.88. The fraction of sp³-hybridized carbons (Fsp3) is 0.235. The Morgan fingerprint density at radius 1 is 1.00 bits per heavy atom. The van der Waals surface area contributed by atoms with Crippen LogP contribution in [0.5, 0.6) is 17.2 Å². The van der Waals surface area contributed by atoms with Crippen LogP contribution in [0.15, 0.2) is 48.5 Å². The predicted molar refractivity (Wildman–Crippen MR) is 83.3 cm³/mol. The number of amides is 1. The van der Waals surface area contributed by atoms with Crippen molar-refractivity contribution in [3.8, 4) is 17.2 Å². The van der Waals surface area contributed by atoms with Gasteiger partial charge in [0.15, 0.2) is 6.61 Å². The van der Waals surface area contributed by atoms with Crippen molar-refractivity contribution in [3.05, 3.63) is 54.1 Å². The second-order valence-electron chi connectivity index (χ2n) is 4.56. The van der Waals surface area contributed by atoms with E-state index in [2.05, 4.69) is 5.32 Å². The highest BCUT2D eigenvalue weighted by atomic mass is 16.5. The fourth-order valence-corrected chi connectivity index (χ4v) is 1.91. The molecule has 5 nitrogen and oxygen atoms in total. The van der Waals surface area contributed by atoms with Gasteiger partial charge in [-0.3, -0.25) is 4.79 Å². The molecule has 0 aliphatic carbocycles. The molecule has 0 heterocycles. The second-order valence-corrected chi connectivity index (χ2v) is 4.56. The number of hydrogen-bond acceptors (Lipinski definition) is 4. The number of hydrogen-bond donors (Lipinski definition) is 1. The molecule has 0 aliphatic rings. The SMILES string of the molecule is COc1ccc(CNC(=O)COc2ccccc2)c(OC)c1. The standard InChI is InChI=1S/C17H19NO4/c1-20-15-9-8-13(16(10-15)21-2)11-18-17(19)12-22-14-6-4-3-5-7-14/h3-10H,11-12H2,1-2H3,(H,18,19). The highest BCUT2D eigenvalue weighted by Gasteiger charge is 2.07. The lowest BCUT2D eigenvalue weighted by molar-refractivity contribution is -0.123. The number of methoxy groups -OCH3 is 2. The Kier molecular flexibility index (Phi) is 5.65. The maximum Gasteiger partial charge on any atom is 0.258 e. The van der Waals surface area contributed by atoms with Crippen LogP contribution in [0.3, 0.4) is 0 Å². The summed E-state index contributed by atoms with van der Waals surface area (Å²) in [6, 6.07) is 14.7. The van der Waals surface area contributed by atoms with Gasteiger partial charge in [0.1, 0.15) is 17.2 Å². The van der Waals surface area contributed by atoms with Crippen LogP contribution in [0.2, 0.25) is 0 Å². The molecule has 116 valence electrons. The zero-order valence-corrected chi connectivity index (χ0v) is 12.7. The van der Waals surface area contributed by atoms with Crippen LogP contribution in [0.4, 0.5) is 0 Å². The van der Waals surface area contributed by atoms with Crippen molar-refractivity contribution in [2.45, 2.75) is 6.54 Å². The van der Waals surface area contributed by atoms with Gasteiger partial charge in [-0.05, 0) is 24.3 Å². The van der Waals surface area contributed by atoms with Crippen molar-refractivity contribution in [2.24, 2.45) is 0 Å². The molecule has 0 atom stereocenters. The molecule has 0 fully saturated rings. The molecule has 2 aromatic rings. The summed E-state index contributed by atoms with van der Waals surface area (Å²) in [4.78, 5) is 11.8. The quantitative estimate of drug-likeness (QED) is 0.853. The molecular weight excluding hydrogens is 282 g/mol. The topological polar surface area (TPSA) is 56.8 Å². The van der Waals surface area contributed by atoms with E-state index in [9.17, 15) is 4.79 Å². The summed E-state index contributed by atoms with van der Waals surface area (Å²) < 4.78 is 15.8. The highest BCUT2D eigenvalue weighted by Crippen LogP contribution is 2.24. The Bertz CT molecular complexity index is 613. The van der Waals surface area contributed by atoms with Crippen molar-refractivity contribution < 1.29 is 19.0 Å². The summed E-state index contributed by atoms with van der Waals surface area (Å²) in [5.74, 6) is 1.85. The second kappa shape index (κ2) is 7.93. The smallest absolute Gasteiger partial charge is 0.258 e.